The summed E-state index contributed by atoms with van der Waals surface area (Å²) < 4.78 is 10.6. The smallest absolute Gasteiger partial charge is 0.251 e. The SMILES string of the molecule is CN=C(NCCc1cccc(C(=O)NC)c1)NCc1ccc(OC)c(OC)c1. The number of carbonyl (C=O) groups is 1. The van der Waals surface area contributed by atoms with Crippen molar-refractivity contribution in [3.05, 3.63) is 59.2 Å². The number of methoxy groups -OCH3 is 2. The molecule has 0 aliphatic carbocycles. The second kappa shape index (κ2) is 10.8. The summed E-state index contributed by atoms with van der Waals surface area (Å²) in [5.41, 5.74) is 2.80. The van der Waals surface area contributed by atoms with Crippen LogP contribution in [0.4, 0.5) is 0 Å². The Morgan fingerprint density at radius 3 is 2.46 bits per heavy atom. The molecule has 0 bridgehead atoms. The van der Waals surface area contributed by atoms with Gasteiger partial charge in [0.15, 0.2) is 17.5 Å². The van der Waals surface area contributed by atoms with Gasteiger partial charge in [-0.15, -0.1) is 0 Å². The van der Waals surface area contributed by atoms with Gasteiger partial charge in [0.2, 0.25) is 0 Å². The van der Waals surface area contributed by atoms with Gasteiger partial charge < -0.3 is 25.4 Å². The first kappa shape index (κ1) is 21.1. The maximum atomic E-state index is 11.7. The lowest BCUT2D eigenvalue weighted by molar-refractivity contribution is 0.0963. The van der Waals surface area contributed by atoms with Crippen molar-refractivity contribution in [1.29, 1.82) is 0 Å². The standard InChI is InChI=1S/C21H28N4O3/c1-22-20(26)17-7-5-6-15(12-17)10-11-24-21(23-2)25-14-16-8-9-18(27-3)19(13-16)28-4/h5-9,12-13H,10-11,14H2,1-4H3,(H,22,26)(H2,23,24,25). The van der Waals surface area contributed by atoms with Crippen molar-refractivity contribution in [2.45, 2.75) is 13.0 Å². The van der Waals surface area contributed by atoms with Crippen molar-refractivity contribution in [2.24, 2.45) is 4.99 Å². The molecular formula is C21H28N4O3. The van der Waals surface area contributed by atoms with Gasteiger partial charge in [0.1, 0.15) is 0 Å². The Hall–Kier alpha value is -3.22. The fraction of sp³-hybridized carbons (Fsp3) is 0.333. The molecule has 0 saturated carbocycles. The molecule has 7 heteroatoms. The van der Waals surface area contributed by atoms with E-state index in [1.165, 1.54) is 0 Å². The molecule has 150 valence electrons. The van der Waals surface area contributed by atoms with Gasteiger partial charge in [0.25, 0.3) is 5.91 Å². The van der Waals surface area contributed by atoms with Gasteiger partial charge in [-0.3, -0.25) is 9.79 Å². The fourth-order valence-corrected chi connectivity index (χ4v) is 2.73. The van der Waals surface area contributed by atoms with E-state index in [0.29, 0.717) is 36.1 Å². The summed E-state index contributed by atoms with van der Waals surface area (Å²) in [6, 6.07) is 13.4. The number of hydrogen-bond donors (Lipinski definition) is 3. The third-order valence-electron chi connectivity index (χ3n) is 4.25. The molecule has 1 amide bonds. The van der Waals surface area contributed by atoms with Crippen molar-refractivity contribution in [2.75, 3.05) is 34.9 Å². The summed E-state index contributed by atoms with van der Waals surface area (Å²) in [4.78, 5) is 16.0. The highest BCUT2D eigenvalue weighted by atomic mass is 16.5. The highest BCUT2D eigenvalue weighted by molar-refractivity contribution is 5.94. The second-order valence-corrected chi connectivity index (χ2v) is 6.07. The maximum absolute atomic E-state index is 11.7. The van der Waals surface area contributed by atoms with E-state index in [0.717, 1.165) is 17.5 Å². The maximum Gasteiger partial charge on any atom is 0.251 e. The Morgan fingerprint density at radius 2 is 1.79 bits per heavy atom. The first-order chi connectivity index (χ1) is 13.6. The molecule has 7 nitrogen and oxygen atoms in total. The molecule has 28 heavy (non-hydrogen) atoms. The summed E-state index contributed by atoms with van der Waals surface area (Å²) in [6.45, 7) is 1.30. The highest BCUT2D eigenvalue weighted by Gasteiger charge is 2.06. The van der Waals surface area contributed by atoms with Crippen LogP contribution in [0.15, 0.2) is 47.5 Å². The highest BCUT2D eigenvalue weighted by Crippen LogP contribution is 2.27. The lowest BCUT2D eigenvalue weighted by Crippen LogP contribution is -2.37. The lowest BCUT2D eigenvalue weighted by Gasteiger charge is -2.14. The van der Waals surface area contributed by atoms with Crippen LogP contribution >= 0.6 is 0 Å². The number of benzene rings is 2. The van der Waals surface area contributed by atoms with Crippen LogP contribution in [0.3, 0.4) is 0 Å². The van der Waals surface area contributed by atoms with E-state index in [-0.39, 0.29) is 5.91 Å². The summed E-state index contributed by atoms with van der Waals surface area (Å²) in [5.74, 6) is 2.02. The van der Waals surface area contributed by atoms with Crippen molar-refractivity contribution in [1.82, 2.24) is 16.0 Å². The normalized spacial score (nSPS) is 10.9. The van der Waals surface area contributed by atoms with Gasteiger partial charge >= 0.3 is 0 Å². The number of guanidine groups is 1. The molecule has 0 radical (unpaired) electrons. The first-order valence-corrected chi connectivity index (χ1v) is 9.07. The van der Waals surface area contributed by atoms with Gasteiger partial charge in [-0.1, -0.05) is 18.2 Å². The van der Waals surface area contributed by atoms with Crippen LogP contribution in [0.2, 0.25) is 0 Å². The van der Waals surface area contributed by atoms with Crippen molar-refractivity contribution in [3.63, 3.8) is 0 Å². The largest absolute Gasteiger partial charge is 0.493 e. The summed E-state index contributed by atoms with van der Waals surface area (Å²) in [6.07, 6.45) is 0.780. The predicted octanol–water partition coefficient (Wildman–Crippen LogP) is 1.97. The van der Waals surface area contributed by atoms with Gasteiger partial charge in [-0.2, -0.15) is 0 Å². The fourth-order valence-electron chi connectivity index (χ4n) is 2.73. The summed E-state index contributed by atoms with van der Waals surface area (Å²) >= 11 is 0. The van der Waals surface area contributed by atoms with Crippen LogP contribution in [0.25, 0.3) is 0 Å². The van der Waals surface area contributed by atoms with Crippen LogP contribution in [-0.2, 0) is 13.0 Å². The zero-order chi connectivity index (χ0) is 20.4. The average Bonchev–Trinajstić information content (AvgIpc) is 2.75. The van der Waals surface area contributed by atoms with E-state index in [9.17, 15) is 4.79 Å². The van der Waals surface area contributed by atoms with Crippen LogP contribution < -0.4 is 25.4 Å². The Bertz CT molecular complexity index is 821. The number of rotatable bonds is 8. The second-order valence-electron chi connectivity index (χ2n) is 6.07. The van der Waals surface area contributed by atoms with E-state index in [1.54, 1.807) is 34.4 Å². The predicted molar refractivity (Wildman–Crippen MR) is 111 cm³/mol. The van der Waals surface area contributed by atoms with Crippen LogP contribution in [0.5, 0.6) is 11.5 Å². The summed E-state index contributed by atoms with van der Waals surface area (Å²) in [7, 11) is 6.60. The molecule has 0 heterocycles. The van der Waals surface area contributed by atoms with Crippen LogP contribution in [0.1, 0.15) is 21.5 Å². The first-order valence-electron chi connectivity index (χ1n) is 9.07. The number of hydrogen-bond acceptors (Lipinski definition) is 4. The minimum absolute atomic E-state index is 0.0813. The van der Waals surface area contributed by atoms with Gasteiger partial charge in [0.05, 0.1) is 14.2 Å². The molecule has 2 rings (SSSR count). The average molecular weight is 384 g/mol. The molecule has 2 aromatic carbocycles. The van der Waals surface area contributed by atoms with Crippen LogP contribution in [0, 0.1) is 0 Å². The summed E-state index contributed by atoms with van der Waals surface area (Å²) in [5, 5.41) is 9.20. The molecule has 0 fully saturated rings. The molecule has 0 aromatic heterocycles. The molecule has 0 unspecified atom stereocenters. The number of nitrogens with zero attached hydrogens (tertiary/aromatic N) is 1. The van der Waals surface area contributed by atoms with Gasteiger partial charge in [0, 0.05) is 32.7 Å². The molecule has 0 atom stereocenters. The van der Waals surface area contributed by atoms with Crippen LogP contribution in [-0.4, -0.2) is 46.7 Å². The molecule has 0 aliphatic heterocycles. The topological polar surface area (TPSA) is 84.0 Å². The van der Waals surface area contributed by atoms with E-state index >= 15 is 0 Å². The quantitative estimate of drug-likeness (QED) is 0.479. The number of amides is 1. The molecule has 0 saturated heterocycles. The number of ether oxygens (including phenoxy) is 2. The Labute approximate surface area is 166 Å². The minimum atomic E-state index is -0.0813. The molecular weight excluding hydrogens is 356 g/mol. The molecule has 0 aliphatic rings. The third-order valence-corrected chi connectivity index (χ3v) is 4.25. The minimum Gasteiger partial charge on any atom is -0.493 e. The van der Waals surface area contributed by atoms with Crippen molar-refractivity contribution < 1.29 is 14.3 Å². The van der Waals surface area contributed by atoms with E-state index in [2.05, 4.69) is 20.9 Å². The van der Waals surface area contributed by atoms with Gasteiger partial charge in [-0.25, -0.2) is 0 Å². The molecule has 2 aromatic rings. The van der Waals surface area contributed by atoms with Crippen molar-refractivity contribution in [3.8, 4) is 11.5 Å². The lowest BCUT2D eigenvalue weighted by atomic mass is 10.1. The van der Waals surface area contributed by atoms with Gasteiger partial charge in [-0.05, 0) is 41.8 Å². The third kappa shape index (κ3) is 5.90. The Balaban J connectivity index is 1.86. The number of aliphatic imine (C=N–C) groups is 1. The molecule has 0 spiro atoms. The molecule has 3 N–H and O–H groups in total. The zero-order valence-corrected chi connectivity index (χ0v) is 16.8. The number of carbonyl (C=O) groups excluding carboxylic acids is 1. The number of nitrogens with one attached hydrogen (secondary N) is 3. The zero-order valence-electron chi connectivity index (χ0n) is 16.8. The van der Waals surface area contributed by atoms with E-state index in [4.69, 9.17) is 9.47 Å². The van der Waals surface area contributed by atoms with E-state index < -0.39 is 0 Å². The van der Waals surface area contributed by atoms with Crippen molar-refractivity contribution >= 4 is 11.9 Å². The Morgan fingerprint density at radius 1 is 1.00 bits per heavy atom. The van der Waals surface area contributed by atoms with E-state index in [1.807, 2.05) is 36.4 Å². The monoisotopic (exact) mass is 384 g/mol. The Kier molecular flexibility index (Phi) is 8.14.